The van der Waals surface area contributed by atoms with Crippen LogP contribution in [0.4, 0.5) is 0 Å². The Morgan fingerprint density at radius 1 is 0.982 bits per heavy atom. The van der Waals surface area contributed by atoms with Crippen molar-refractivity contribution in [1.29, 1.82) is 0 Å². The first-order valence-corrected chi connectivity index (χ1v) is 21.7. The van der Waals surface area contributed by atoms with Crippen LogP contribution in [0.25, 0.3) is 10.9 Å². The van der Waals surface area contributed by atoms with Gasteiger partial charge in [0.05, 0.1) is 18.7 Å². The summed E-state index contributed by atoms with van der Waals surface area (Å²) in [6.07, 6.45) is 14.1. The maximum atomic E-state index is 12.5. The molecule has 2 bridgehead atoms. The van der Waals surface area contributed by atoms with Gasteiger partial charge in [-0.2, -0.15) is 0 Å². The Morgan fingerprint density at radius 2 is 1.75 bits per heavy atom. The van der Waals surface area contributed by atoms with Gasteiger partial charge in [0.25, 0.3) is 0 Å². The van der Waals surface area contributed by atoms with Crippen molar-refractivity contribution in [3.05, 3.63) is 48.2 Å². The van der Waals surface area contributed by atoms with Gasteiger partial charge in [0.15, 0.2) is 0 Å². The number of aromatic nitrogens is 1. The van der Waals surface area contributed by atoms with Crippen molar-refractivity contribution in [2.75, 3.05) is 20.2 Å². The number of rotatable bonds is 10. The zero-order chi connectivity index (χ0) is 38.8. The number of carbonyl (C=O) groups is 2. The first-order chi connectivity index (χ1) is 26.3. The summed E-state index contributed by atoms with van der Waals surface area (Å²) < 4.78 is 17.6. The largest absolute Gasteiger partial charge is 0.497 e. The molecule has 1 aromatic heterocycles. The molecule has 7 aliphatic rings. The number of hydrogen-bond acceptors (Lipinski definition) is 8. The first-order valence-electron chi connectivity index (χ1n) is 21.7. The molecule has 1 aromatic carbocycles. The number of esters is 2. The summed E-state index contributed by atoms with van der Waals surface area (Å²) in [7, 11) is 1.70. The fraction of sp³-hybridized carbons (Fsp3) is 0.723. The first kappa shape index (κ1) is 38.9. The highest BCUT2D eigenvalue weighted by Crippen LogP contribution is 2.69. The molecule has 1 unspecified atom stereocenters. The Labute approximate surface area is 329 Å². The van der Waals surface area contributed by atoms with E-state index in [0.29, 0.717) is 41.4 Å². The van der Waals surface area contributed by atoms with Crippen LogP contribution in [0.5, 0.6) is 5.75 Å². The van der Waals surface area contributed by atoms with Gasteiger partial charge in [0.1, 0.15) is 18.0 Å². The minimum Gasteiger partial charge on any atom is -0.497 e. The molecule has 0 amide bonds. The van der Waals surface area contributed by atoms with E-state index in [1.807, 2.05) is 6.07 Å². The highest BCUT2D eigenvalue weighted by atomic mass is 16.5. The Morgan fingerprint density at radius 3 is 2.45 bits per heavy atom. The van der Waals surface area contributed by atoms with Crippen LogP contribution in [0, 0.1) is 58.2 Å². The predicted octanol–water partition coefficient (Wildman–Crippen LogP) is 8.87. The van der Waals surface area contributed by atoms with E-state index < -0.39 is 6.10 Å². The summed E-state index contributed by atoms with van der Waals surface area (Å²) in [6.45, 7) is 16.7. The zero-order valence-electron chi connectivity index (χ0n) is 34.3. The summed E-state index contributed by atoms with van der Waals surface area (Å²) in [6, 6.07) is 8.41. The van der Waals surface area contributed by atoms with Gasteiger partial charge in [0.2, 0.25) is 0 Å². The minimum absolute atomic E-state index is 0.0831. The lowest BCUT2D eigenvalue weighted by atomic mass is 9.43. The number of aliphatic hydroxyl groups excluding tert-OH is 1. The van der Waals surface area contributed by atoms with Crippen molar-refractivity contribution < 1.29 is 28.9 Å². The van der Waals surface area contributed by atoms with Crippen LogP contribution in [-0.4, -0.2) is 65.4 Å². The summed E-state index contributed by atoms with van der Waals surface area (Å²) in [5.74, 6) is 4.65. The third kappa shape index (κ3) is 6.93. The molecule has 4 aliphatic carbocycles. The molecule has 4 saturated carbocycles. The van der Waals surface area contributed by atoms with Crippen LogP contribution in [0.3, 0.4) is 0 Å². The third-order valence-corrected chi connectivity index (χ3v) is 16.8. The molecule has 8 nitrogen and oxygen atoms in total. The molecule has 300 valence electrons. The Balaban J connectivity index is 0.998. The number of pyridine rings is 1. The normalized spacial score (nSPS) is 40.3. The molecule has 8 heteroatoms. The molecule has 1 N–H and O–H groups in total. The van der Waals surface area contributed by atoms with Crippen molar-refractivity contribution in [2.45, 2.75) is 136 Å². The average molecular weight is 755 g/mol. The molecular weight excluding hydrogens is 689 g/mol. The van der Waals surface area contributed by atoms with Crippen LogP contribution < -0.4 is 4.74 Å². The lowest BCUT2D eigenvalue weighted by Crippen LogP contribution is -2.59. The number of fused-ring (bicyclic) bond motifs is 9. The molecule has 0 radical (unpaired) electrons. The molecule has 3 saturated heterocycles. The maximum absolute atomic E-state index is 12.5. The van der Waals surface area contributed by atoms with Crippen molar-refractivity contribution in [3.8, 4) is 5.75 Å². The van der Waals surface area contributed by atoms with E-state index in [1.165, 1.54) is 39.0 Å². The second-order valence-corrected chi connectivity index (χ2v) is 19.4. The third-order valence-electron chi connectivity index (χ3n) is 16.8. The molecule has 9 rings (SSSR count). The van der Waals surface area contributed by atoms with Crippen molar-refractivity contribution in [3.63, 3.8) is 0 Å². The van der Waals surface area contributed by atoms with Crippen LogP contribution in [-0.2, 0) is 25.5 Å². The summed E-state index contributed by atoms with van der Waals surface area (Å²) in [5.41, 5.74) is 3.33. The number of aliphatic hydroxyl groups is 1. The van der Waals surface area contributed by atoms with Crippen LogP contribution in [0.2, 0.25) is 0 Å². The van der Waals surface area contributed by atoms with Crippen molar-refractivity contribution in [2.24, 2.45) is 58.2 Å². The summed E-state index contributed by atoms with van der Waals surface area (Å²) in [5, 5.41) is 13.1. The number of hydrogen-bond donors (Lipinski definition) is 1. The quantitative estimate of drug-likeness (QED) is 0.190. The fourth-order valence-electron chi connectivity index (χ4n) is 14.2. The topological polar surface area (TPSA) is 98.2 Å². The number of carbonyl (C=O) groups excluding carboxylic acids is 2. The smallest absolute Gasteiger partial charge is 0.302 e. The van der Waals surface area contributed by atoms with Crippen LogP contribution in [0.15, 0.2) is 36.9 Å². The highest BCUT2D eigenvalue weighted by Gasteiger charge is 2.63. The van der Waals surface area contributed by atoms with Gasteiger partial charge in [0, 0.05) is 43.4 Å². The molecule has 0 spiro atoms. The summed E-state index contributed by atoms with van der Waals surface area (Å²) >= 11 is 0. The van der Waals surface area contributed by atoms with E-state index in [0.717, 1.165) is 85.9 Å². The monoisotopic (exact) mass is 754 g/mol. The molecule has 55 heavy (non-hydrogen) atoms. The Kier molecular flexibility index (Phi) is 10.7. The number of methoxy groups -OCH3 is 1. The Hall–Kier alpha value is -2.97. The van der Waals surface area contributed by atoms with Crippen LogP contribution >= 0.6 is 0 Å². The van der Waals surface area contributed by atoms with Gasteiger partial charge >= 0.3 is 11.9 Å². The van der Waals surface area contributed by atoms with E-state index in [2.05, 4.69) is 56.5 Å². The lowest BCUT2D eigenvalue weighted by Gasteiger charge is -2.62. The van der Waals surface area contributed by atoms with E-state index in [-0.39, 0.29) is 46.9 Å². The number of nitrogens with zero attached hydrogens (tertiary/aromatic N) is 2. The average Bonchev–Trinajstić information content (AvgIpc) is 3.53. The predicted molar refractivity (Wildman–Crippen MR) is 214 cm³/mol. The molecule has 4 heterocycles. The van der Waals surface area contributed by atoms with Gasteiger partial charge in [-0.3, -0.25) is 19.5 Å². The van der Waals surface area contributed by atoms with Gasteiger partial charge < -0.3 is 19.3 Å². The fourth-order valence-corrected chi connectivity index (χ4v) is 14.2. The molecule has 15 atom stereocenters. The number of ether oxygens (including phenoxy) is 3. The maximum Gasteiger partial charge on any atom is 0.302 e. The van der Waals surface area contributed by atoms with E-state index >= 15 is 0 Å². The van der Waals surface area contributed by atoms with Crippen LogP contribution in [0.1, 0.15) is 123 Å². The summed E-state index contributed by atoms with van der Waals surface area (Å²) in [4.78, 5) is 32.1. The zero-order valence-corrected chi connectivity index (χ0v) is 34.3. The van der Waals surface area contributed by atoms with Crippen molar-refractivity contribution in [1.82, 2.24) is 9.88 Å². The van der Waals surface area contributed by atoms with Gasteiger partial charge in [-0.25, -0.2) is 0 Å². The molecule has 7 fully saturated rings. The van der Waals surface area contributed by atoms with E-state index in [1.54, 1.807) is 14.0 Å². The SMILES string of the molecule is C=C[C@H]1CN2CC[C@H]1C[C@H]2[C@H](O)c1cc(CC[C@@H](C)[C@H]2CC[C@H]3[C@@H]4C[C@H](OC(C)=O)[C@@H]5C[C@H](OC(C)=O)CC[C@]5(C)[C@H]4CC[C@]23C)nc2ccc(OC)cc12. The second kappa shape index (κ2) is 15.1. The van der Waals surface area contributed by atoms with E-state index in [4.69, 9.17) is 19.2 Å². The number of benzene rings is 1. The molecule has 3 aliphatic heterocycles. The molecular formula is C47H66N2O6. The van der Waals surface area contributed by atoms with Crippen molar-refractivity contribution >= 4 is 22.8 Å². The number of piperidine rings is 3. The van der Waals surface area contributed by atoms with Gasteiger partial charge in [-0.05, 0) is 166 Å². The van der Waals surface area contributed by atoms with Gasteiger partial charge in [-0.1, -0.05) is 26.8 Å². The second-order valence-electron chi connectivity index (χ2n) is 19.4. The lowest BCUT2D eigenvalue weighted by molar-refractivity contribution is -0.197. The highest BCUT2D eigenvalue weighted by molar-refractivity contribution is 5.84. The standard InChI is InChI=1S/C47H66N2O6/c1-8-30-26-49-20-17-31(30)21-43(49)45(52)36-22-32(48-42-14-11-33(53-7)23-35(36)42)10-9-27(2)38-12-13-39-37-25-44(55-29(4)51)41-24-34(54-28(3)50)15-18-47(41,6)40(37)16-19-46(38,39)5/h8,11,14,22-23,27,30-31,34,37-41,43-45,52H,1,9-10,12-13,15-21,24-26H2,2-7H3/t27-,30+,31+,34-,37+,38-,39+,40+,41+,43+,44+,45-,46-,47-/m1/s1. The Bertz CT molecular complexity index is 1780. The van der Waals surface area contributed by atoms with Gasteiger partial charge in [-0.15, -0.1) is 6.58 Å². The van der Waals surface area contributed by atoms with E-state index in [9.17, 15) is 14.7 Å². The molecule has 2 aromatic rings. The minimum atomic E-state index is -0.587. The number of aryl methyl sites for hydroxylation is 1.